The fourth-order valence-corrected chi connectivity index (χ4v) is 3.08. The zero-order chi connectivity index (χ0) is 13.9. The molecule has 3 heteroatoms. The average molecular weight is 280 g/mol. The third-order valence-corrected chi connectivity index (χ3v) is 4.32. The van der Waals surface area contributed by atoms with E-state index in [0.717, 1.165) is 18.4 Å². The second kappa shape index (κ2) is 5.96. The summed E-state index contributed by atoms with van der Waals surface area (Å²) in [5, 5.41) is 2.51. The van der Waals surface area contributed by atoms with Crippen LogP contribution in [0, 0.1) is 5.41 Å². The van der Waals surface area contributed by atoms with Crippen LogP contribution in [0.2, 0.25) is 0 Å². The Bertz CT molecular complexity index is 430. The maximum absolute atomic E-state index is 12.2. The predicted molar refractivity (Wildman–Crippen MR) is 79.2 cm³/mol. The monoisotopic (exact) mass is 279 g/mol. The fraction of sp³-hybridized carbons (Fsp3) is 0.562. The van der Waals surface area contributed by atoms with Gasteiger partial charge in [0.05, 0.1) is 0 Å². The first-order valence-electron chi connectivity index (χ1n) is 6.97. The molecular weight excluding hydrogens is 258 g/mol. The van der Waals surface area contributed by atoms with Crippen molar-refractivity contribution in [1.82, 2.24) is 5.32 Å². The zero-order valence-electron chi connectivity index (χ0n) is 11.7. The lowest BCUT2D eigenvalue weighted by molar-refractivity contribution is -0.122. The number of hydrogen-bond donors (Lipinski definition) is 1. The topological polar surface area (TPSA) is 29.1 Å². The van der Waals surface area contributed by atoms with Gasteiger partial charge in [-0.1, -0.05) is 50.6 Å². The van der Waals surface area contributed by atoms with E-state index in [-0.39, 0.29) is 11.9 Å². The normalized spacial score (nSPS) is 23.6. The molecule has 0 spiro atoms. The van der Waals surface area contributed by atoms with E-state index in [0.29, 0.717) is 5.41 Å². The van der Waals surface area contributed by atoms with Gasteiger partial charge in [0.25, 0.3) is 0 Å². The second-order valence-corrected chi connectivity index (χ2v) is 6.68. The van der Waals surface area contributed by atoms with E-state index in [2.05, 4.69) is 19.2 Å². The number of amides is 1. The van der Waals surface area contributed by atoms with Gasteiger partial charge in [0.2, 0.25) is 5.91 Å². The molecule has 1 N–H and O–H groups in total. The Kier molecular flexibility index (Phi) is 4.51. The average Bonchev–Trinajstić information content (AvgIpc) is 2.37. The molecule has 0 aromatic heterocycles. The molecule has 0 saturated heterocycles. The molecule has 0 heterocycles. The van der Waals surface area contributed by atoms with Crippen LogP contribution in [-0.4, -0.2) is 11.9 Å². The summed E-state index contributed by atoms with van der Waals surface area (Å²) in [6.07, 6.45) is 4.52. The number of benzene rings is 1. The predicted octanol–water partition coefficient (Wildman–Crippen LogP) is 4.05. The Morgan fingerprint density at radius 3 is 2.68 bits per heavy atom. The van der Waals surface area contributed by atoms with Crippen molar-refractivity contribution in [3.8, 4) is 0 Å². The van der Waals surface area contributed by atoms with Crippen LogP contribution in [0.15, 0.2) is 30.3 Å². The molecule has 19 heavy (non-hydrogen) atoms. The van der Waals surface area contributed by atoms with E-state index in [1.165, 1.54) is 12.8 Å². The van der Waals surface area contributed by atoms with Crippen LogP contribution < -0.4 is 5.32 Å². The Morgan fingerprint density at radius 1 is 1.37 bits per heavy atom. The van der Waals surface area contributed by atoms with Crippen molar-refractivity contribution in [1.29, 1.82) is 0 Å². The second-order valence-electron chi connectivity index (χ2n) is 6.24. The van der Waals surface area contributed by atoms with Crippen LogP contribution in [0.3, 0.4) is 0 Å². The summed E-state index contributed by atoms with van der Waals surface area (Å²) in [4.78, 5) is 12.2. The van der Waals surface area contributed by atoms with Gasteiger partial charge in [0.1, 0.15) is 5.38 Å². The smallest absolute Gasteiger partial charge is 0.242 e. The van der Waals surface area contributed by atoms with Crippen molar-refractivity contribution in [2.45, 2.75) is 50.9 Å². The van der Waals surface area contributed by atoms with Crippen LogP contribution in [0.1, 0.15) is 50.5 Å². The molecule has 1 saturated carbocycles. The highest BCUT2D eigenvalue weighted by Gasteiger charge is 2.30. The standard InChI is InChI=1S/C16H22ClNO/c1-16(2)10-6-9-13(11-16)18-15(19)14(17)12-7-4-3-5-8-12/h3-5,7-8,13-14H,6,9-11H2,1-2H3,(H,18,19). The van der Waals surface area contributed by atoms with E-state index in [9.17, 15) is 4.79 Å². The highest BCUT2D eigenvalue weighted by Crippen LogP contribution is 2.35. The molecular formula is C16H22ClNO. The number of carbonyl (C=O) groups excluding carboxylic acids is 1. The lowest BCUT2D eigenvalue weighted by Crippen LogP contribution is -2.41. The highest BCUT2D eigenvalue weighted by atomic mass is 35.5. The van der Waals surface area contributed by atoms with Crippen molar-refractivity contribution >= 4 is 17.5 Å². The van der Waals surface area contributed by atoms with Crippen molar-refractivity contribution < 1.29 is 4.79 Å². The molecule has 2 unspecified atom stereocenters. The Balaban J connectivity index is 1.94. The van der Waals surface area contributed by atoms with Crippen LogP contribution in [-0.2, 0) is 4.79 Å². The SMILES string of the molecule is CC1(C)CCCC(NC(=O)C(Cl)c2ccccc2)C1. The van der Waals surface area contributed by atoms with E-state index in [1.807, 2.05) is 30.3 Å². The number of carbonyl (C=O) groups is 1. The first-order valence-corrected chi connectivity index (χ1v) is 7.41. The van der Waals surface area contributed by atoms with Crippen LogP contribution in [0.5, 0.6) is 0 Å². The largest absolute Gasteiger partial charge is 0.352 e. The van der Waals surface area contributed by atoms with Gasteiger partial charge in [-0.2, -0.15) is 0 Å². The minimum Gasteiger partial charge on any atom is -0.352 e. The Labute approximate surface area is 120 Å². The number of nitrogens with one attached hydrogen (secondary N) is 1. The van der Waals surface area contributed by atoms with E-state index in [1.54, 1.807) is 0 Å². The maximum Gasteiger partial charge on any atom is 0.242 e. The molecule has 0 aliphatic heterocycles. The van der Waals surface area contributed by atoms with Gasteiger partial charge in [-0.15, -0.1) is 11.6 Å². The van der Waals surface area contributed by atoms with Gasteiger partial charge < -0.3 is 5.32 Å². The summed E-state index contributed by atoms with van der Waals surface area (Å²) < 4.78 is 0. The summed E-state index contributed by atoms with van der Waals surface area (Å²) in [5.41, 5.74) is 1.18. The van der Waals surface area contributed by atoms with Crippen molar-refractivity contribution in [2.24, 2.45) is 5.41 Å². The molecule has 1 fully saturated rings. The van der Waals surface area contributed by atoms with Gasteiger partial charge in [-0.3, -0.25) is 4.79 Å². The summed E-state index contributed by atoms with van der Waals surface area (Å²) in [5.74, 6) is -0.0735. The summed E-state index contributed by atoms with van der Waals surface area (Å²) in [6, 6.07) is 9.78. The molecule has 1 aliphatic rings. The van der Waals surface area contributed by atoms with Crippen molar-refractivity contribution in [3.05, 3.63) is 35.9 Å². The first-order chi connectivity index (χ1) is 8.98. The number of rotatable bonds is 3. The summed E-state index contributed by atoms with van der Waals surface area (Å²) in [7, 11) is 0. The van der Waals surface area contributed by atoms with E-state index >= 15 is 0 Å². The molecule has 2 atom stereocenters. The molecule has 1 aromatic rings. The van der Waals surface area contributed by atoms with Crippen molar-refractivity contribution in [3.63, 3.8) is 0 Å². The van der Waals surface area contributed by atoms with Gasteiger partial charge in [-0.25, -0.2) is 0 Å². The van der Waals surface area contributed by atoms with Crippen LogP contribution in [0.25, 0.3) is 0 Å². The fourth-order valence-electron chi connectivity index (χ4n) is 2.87. The third-order valence-electron chi connectivity index (χ3n) is 3.87. The minimum absolute atomic E-state index is 0.0735. The molecule has 2 rings (SSSR count). The van der Waals surface area contributed by atoms with E-state index < -0.39 is 5.38 Å². The van der Waals surface area contributed by atoms with Gasteiger partial charge in [0.15, 0.2) is 0 Å². The van der Waals surface area contributed by atoms with Crippen LogP contribution >= 0.6 is 11.6 Å². The van der Waals surface area contributed by atoms with Gasteiger partial charge in [0, 0.05) is 6.04 Å². The molecule has 0 radical (unpaired) electrons. The lowest BCUT2D eigenvalue weighted by Gasteiger charge is -2.35. The number of halogens is 1. The molecule has 1 aromatic carbocycles. The summed E-state index contributed by atoms with van der Waals surface area (Å²) in [6.45, 7) is 4.53. The number of hydrogen-bond acceptors (Lipinski definition) is 1. The first kappa shape index (κ1) is 14.4. The van der Waals surface area contributed by atoms with Gasteiger partial charge >= 0.3 is 0 Å². The quantitative estimate of drug-likeness (QED) is 0.831. The summed E-state index contributed by atoms with van der Waals surface area (Å²) >= 11 is 6.23. The third kappa shape index (κ3) is 3.97. The minimum atomic E-state index is -0.591. The molecule has 2 nitrogen and oxygen atoms in total. The Hall–Kier alpha value is -1.02. The molecule has 1 aliphatic carbocycles. The highest BCUT2D eigenvalue weighted by molar-refractivity contribution is 6.30. The Morgan fingerprint density at radius 2 is 2.05 bits per heavy atom. The van der Waals surface area contributed by atoms with E-state index in [4.69, 9.17) is 11.6 Å². The zero-order valence-corrected chi connectivity index (χ0v) is 12.4. The van der Waals surface area contributed by atoms with Crippen LogP contribution in [0.4, 0.5) is 0 Å². The van der Waals surface area contributed by atoms with Crippen molar-refractivity contribution in [2.75, 3.05) is 0 Å². The lowest BCUT2D eigenvalue weighted by atomic mass is 9.75. The maximum atomic E-state index is 12.2. The van der Waals surface area contributed by atoms with Gasteiger partial charge in [-0.05, 0) is 30.2 Å². The molecule has 0 bridgehead atoms. The molecule has 1 amide bonds. The molecule has 104 valence electrons. The number of alkyl halides is 1.